The minimum atomic E-state index is -0.719. The van der Waals surface area contributed by atoms with E-state index in [0.717, 1.165) is 18.9 Å². The maximum atomic E-state index is 13.5. The molecule has 1 aliphatic carbocycles. The second kappa shape index (κ2) is 5.81. The molecule has 0 unspecified atom stereocenters. The van der Waals surface area contributed by atoms with Gasteiger partial charge in [0.1, 0.15) is 11.9 Å². The summed E-state index contributed by atoms with van der Waals surface area (Å²) in [5, 5.41) is 12.0. The Morgan fingerprint density at radius 2 is 2.16 bits per heavy atom. The summed E-state index contributed by atoms with van der Waals surface area (Å²) in [6, 6.07) is 4.60. The Kier molecular flexibility index (Phi) is 4.13. The molecular formula is C14H16FN3O. The largest absolute Gasteiger partial charge is 0.395 e. The molecule has 0 spiro atoms. The number of hydrogen-bond donors (Lipinski definition) is 2. The molecule has 5 heteroatoms. The number of nitrogens with one attached hydrogen (secondary N) is 1. The lowest BCUT2D eigenvalue weighted by atomic mass is 10.1. The van der Waals surface area contributed by atoms with Gasteiger partial charge >= 0.3 is 0 Å². The molecule has 19 heavy (non-hydrogen) atoms. The molecule has 0 amide bonds. The number of nitrogens with zero attached hydrogens (tertiary/aromatic N) is 1. The monoisotopic (exact) mass is 261 g/mol. The van der Waals surface area contributed by atoms with Gasteiger partial charge in [0.2, 0.25) is 0 Å². The maximum Gasteiger partial charge on any atom is 0.176 e. The van der Waals surface area contributed by atoms with Crippen LogP contribution in [0.3, 0.4) is 0 Å². The molecule has 1 fully saturated rings. The minimum Gasteiger partial charge on any atom is -0.395 e. The smallest absolute Gasteiger partial charge is 0.176 e. The van der Waals surface area contributed by atoms with Gasteiger partial charge in [0.15, 0.2) is 5.78 Å². The second-order valence-corrected chi connectivity index (χ2v) is 4.82. The quantitative estimate of drug-likeness (QED) is 0.641. The van der Waals surface area contributed by atoms with E-state index in [2.05, 4.69) is 5.32 Å². The molecule has 0 atom stereocenters. The summed E-state index contributed by atoms with van der Waals surface area (Å²) in [7, 11) is 0. The van der Waals surface area contributed by atoms with Gasteiger partial charge in [0, 0.05) is 11.6 Å². The Bertz CT molecular complexity index is 530. The third kappa shape index (κ3) is 3.09. The molecule has 1 saturated carbocycles. The number of rotatable bonds is 4. The highest BCUT2D eigenvalue weighted by atomic mass is 19.1. The molecule has 0 radical (unpaired) electrons. The lowest BCUT2D eigenvalue weighted by Crippen LogP contribution is -2.31. The third-order valence-electron chi connectivity index (χ3n) is 3.48. The Balaban J connectivity index is 2.06. The molecular weight excluding hydrogens is 245 g/mol. The van der Waals surface area contributed by atoms with E-state index >= 15 is 0 Å². The van der Waals surface area contributed by atoms with Gasteiger partial charge in [-0.05, 0) is 25.0 Å². The summed E-state index contributed by atoms with van der Waals surface area (Å²) in [6.07, 6.45) is 4.52. The zero-order valence-electron chi connectivity index (χ0n) is 10.6. The SMILES string of the molecule is N#Cc1cc(C(=O)CNC2CCCC2)cc(F)c1N. The van der Waals surface area contributed by atoms with Crippen molar-refractivity contribution in [3.05, 3.63) is 29.1 Å². The third-order valence-corrected chi connectivity index (χ3v) is 3.48. The summed E-state index contributed by atoms with van der Waals surface area (Å²) >= 11 is 0. The van der Waals surface area contributed by atoms with Crippen LogP contribution < -0.4 is 11.1 Å². The van der Waals surface area contributed by atoms with Crippen LogP contribution in [0.5, 0.6) is 0 Å². The van der Waals surface area contributed by atoms with Crippen LogP contribution in [0.2, 0.25) is 0 Å². The van der Waals surface area contributed by atoms with Crippen LogP contribution in [-0.4, -0.2) is 18.4 Å². The van der Waals surface area contributed by atoms with Crippen molar-refractivity contribution in [2.45, 2.75) is 31.7 Å². The average Bonchev–Trinajstić information content (AvgIpc) is 2.92. The molecule has 0 saturated heterocycles. The van der Waals surface area contributed by atoms with Gasteiger partial charge in [-0.3, -0.25) is 4.79 Å². The number of nitriles is 1. The van der Waals surface area contributed by atoms with Gasteiger partial charge in [-0.15, -0.1) is 0 Å². The van der Waals surface area contributed by atoms with Gasteiger partial charge in [-0.1, -0.05) is 12.8 Å². The molecule has 0 aromatic heterocycles. The van der Waals surface area contributed by atoms with Crippen LogP contribution in [0.15, 0.2) is 12.1 Å². The van der Waals surface area contributed by atoms with Crippen molar-refractivity contribution in [1.82, 2.24) is 5.32 Å². The van der Waals surface area contributed by atoms with E-state index in [1.54, 1.807) is 6.07 Å². The number of hydrogen-bond acceptors (Lipinski definition) is 4. The van der Waals surface area contributed by atoms with Crippen LogP contribution in [0, 0.1) is 17.1 Å². The van der Waals surface area contributed by atoms with E-state index in [1.165, 1.54) is 18.9 Å². The molecule has 2 rings (SSSR count). The van der Waals surface area contributed by atoms with Crippen molar-refractivity contribution in [1.29, 1.82) is 5.26 Å². The molecule has 100 valence electrons. The number of anilines is 1. The van der Waals surface area contributed by atoms with Gasteiger partial charge in [-0.25, -0.2) is 4.39 Å². The second-order valence-electron chi connectivity index (χ2n) is 4.82. The van der Waals surface area contributed by atoms with E-state index < -0.39 is 5.82 Å². The first-order valence-electron chi connectivity index (χ1n) is 6.37. The molecule has 0 aliphatic heterocycles. The Morgan fingerprint density at radius 3 is 2.79 bits per heavy atom. The predicted molar refractivity (Wildman–Crippen MR) is 70.1 cm³/mol. The Labute approximate surface area is 111 Å². The van der Waals surface area contributed by atoms with Crippen molar-refractivity contribution in [2.75, 3.05) is 12.3 Å². The fourth-order valence-corrected chi connectivity index (χ4v) is 2.34. The standard InChI is InChI=1S/C14H16FN3O/c15-12-6-9(5-10(7-16)14(12)17)13(19)8-18-11-3-1-2-4-11/h5-6,11,18H,1-4,8,17H2. The van der Waals surface area contributed by atoms with Crippen LogP contribution in [-0.2, 0) is 0 Å². The lowest BCUT2D eigenvalue weighted by Gasteiger charge is -2.11. The Hall–Kier alpha value is -1.93. The number of carbonyl (C=O) groups is 1. The first-order chi connectivity index (χ1) is 9.11. The van der Waals surface area contributed by atoms with Crippen molar-refractivity contribution in [2.24, 2.45) is 0 Å². The number of nitrogens with two attached hydrogens (primary N) is 1. The number of nitrogen functional groups attached to an aromatic ring is 1. The molecule has 0 heterocycles. The zero-order chi connectivity index (χ0) is 13.8. The first kappa shape index (κ1) is 13.5. The van der Waals surface area contributed by atoms with Crippen molar-refractivity contribution in [3.63, 3.8) is 0 Å². The summed E-state index contributed by atoms with van der Waals surface area (Å²) in [6.45, 7) is 0.166. The zero-order valence-corrected chi connectivity index (χ0v) is 10.6. The van der Waals surface area contributed by atoms with E-state index in [1.807, 2.05) is 0 Å². The summed E-state index contributed by atoms with van der Waals surface area (Å²) in [5.41, 5.74) is 5.40. The van der Waals surface area contributed by atoms with E-state index in [0.29, 0.717) is 6.04 Å². The molecule has 1 aromatic carbocycles. The maximum absolute atomic E-state index is 13.5. The first-order valence-corrected chi connectivity index (χ1v) is 6.37. The number of benzene rings is 1. The van der Waals surface area contributed by atoms with E-state index in [9.17, 15) is 9.18 Å². The highest BCUT2D eigenvalue weighted by molar-refractivity contribution is 5.98. The van der Waals surface area contributed by atoms with Gasteiger partial charge in [0.25, 0.3) is 0 Å². The molecule has 4 nitrogen and oxygen atoms in total. The van der Waals surface area contributed by atoms with Crippen LogP contribution in [0.1, 0.15) is 41.6 Å². The van der Waals surface area contributed by atoms with Gasteiger partial charge in [0.05, 0.1) is 17.8 Å². The van der Waals surface area contributed by atoms with Crippen LogP contribution >= 0.6 is 0 Å². The molecule has 1 aliphatic rings. The van der Waals surface area contributed by atoms with E-state index in [-0.39, 0.29) is 29.1 Å². The number of halogens is 1. The van der Waals surface area contributed by atoms with Crippen molar-refractivity contribution in [3.8, 4) is 6.07 Å². The fraction of sp³-hybridized carbons (Fsp3) is 0.429. The fourth-order valence-electron chi connectivity index (χ4n) is 2.34. The number of carbonyl (C=O) groups excluding carboxylic acids is 1. The number of Topliss-reactive ketones (excluding diaryl/α,β-unsaturated/α-hetero) is 1. The van der Waals surface area contributed by atoms with Crippen molar-refractivity contribution >= 4 is 11.5 Å². The minimum absolute atomic E-state index is 0.00390. The normalized spacial score (nSPS) is 15.4. The van der Waals surface area contributed by atoms with Gasteiger partial charge in [-0.2, -0.15) is 5.26 Å². The highest BCUT2D eigenvalue weighted by Gasteiger charge is 2.17. The van der Waals surface area contributed by atoms with Gasteiger partial charge < -0.3 is 11.1 Å². The number of ketones is 1. The van der Waals surface area contributed by atoms with Crippen LogP contribution in [0.25, 0.3) is 0 Å². The predicted octanol–water partition coefficient (Wildman–Crippen LogP) is 1.99. The average molecular weight is 261 g/mol. The molecule has 1 aromatic rings. The summed E-state index contributed by atoms with van der Waals surface area (Å²) in [4.78, 5) is 12.0. The Morgan fingerprint density at radius 1 is 1.47 bits per heavy atom. The molecule has 0 bridgehead atoms. The molecule has 3 N–H and O–H groups in total. The lowest BCUT2D eigenvalue weighted by molar-refractivity contribution is 0.0987. The summed E-state index contributed by atoms with van der Waals surface area (Å²) in [5.74, 6) is -0.939. The topological polar surface area (TPSA) is 78.9 Å². The van der Waals surface area contributed by atoms with E-state index in [4.69, 9.17) is 11.0 Å². The highest BCUT2D eigenvalue weighted by Crippen LogP contribution is 2.19. The summed E-state index contributed by atoms with van der Waals surface area (Å²) < 4.78 is 13.5. The van der Waals surface area contributed by atoms with Crippen LogP contribution in [0.4, 0.5) is 10.1 Å². The van der Waals surface area contributed by atoms with Crippen molar-refractivity contribution < 1.29 is 9.18 Å².